The summed E-state index contributed by atoms with van der Waals surface area (Å²) in [6.07, 6.45) is 1.68. The van der Waals surface area contributed by atoms with E-state index in [4.69, 9.17) is 0 Å². The lowest BCUT2D eigenvalue weighted by Gasteiger charge is -2.09. The van der Waals surface area contributed by atoms with Crippen molar-refractivity contribution in [1.82, 2.24) is 4.57 Å². The van der Waals surface area contributed by atoms with Crippen LogP contribution in [0, 0.1) is 20.8 Å². The first-order chi connectivity index (χ1) is 9.45. The molecule has 1 amide bonds. The van der Waals surface area contributed by atoms with Crippen molar-refractivity contribution in [3.05, 3.63) is 63.6 Å². The number of pyridine rings is 1. The molecule has 0 fully saturated rings. The Hall–Kier alpha value is -2.36. The number of hydrogen-bond donors (Lipinski definition) is 1. The standard InChI is InChI=1S/C16H18N2O2/c1-11-4-7-16(20)18(9-11)10-15(19)17-14-6-5-12(2)13(3)8-14/h4-9H,10H2,1-3H3,(H,17,19). The fourth-order valence-electron chi connectivity index (χ4n) is 1.95. The van der Waals surface area contributed by atoms with Crippen LogP contribution in [0.5, 0.6) is 0 Å². The molecule has 0 spiro atoms. The first-order valence-electron chi connectivity index (χ1n) is 6.50. The van der Waals surface area contributed by atoms with Gasteiger partial charge in [-0.1, -0.05) is 12.1 Å². The Bertz CT molecular complexity index is 702. The van der Waals surface area contributed by atoms with Crippen LogP contribution < -0.4 is 10.9 Å². The van der Waals surface area contributed by atoms with E-state index in [0.29, 0.717) is 0 Å². The van der Waals surface area contributed by atoms with Gasteiger partial charge in [-0.3, -0.25) is 9.59 Å². The van der Waals surface area contributed by atoms with Crippen LogP contribution in [0.2, 0.25) is 0 Å². The highest BCUT2D eigenvalue weighted by Crippen LogP contribution is 2.14. The molecule has 0 aliphatic heterocycles. The minimum atomic E-state index is -0.207. The number of hydrogen-bond acceptors (Lipinski definition) is 2. The number of rotatable bonds is 3. The molecule has 1 aromatic carbocycles. The maximum atomic E-state index is 12.0. The van der Waals surface area contributed by atoms with Gasteiger partial charge in [-0.25, -0.2) is 0 Å². The van der Waals surface area contributed by atoms with Gasteiger partial charge in [0.1, 0.15) is 6.54 Å². The predicted octanol–water partition coefficient (Wildman–Crippen LogP) is 2.41. The number of anilines is 1. The van der Waals surface area contributed by atoms with Crippen LogP contribution in [0.4, 0.5) is 5.69 Å². The topological polar surface area (TPSA) is 51.1 Å². The molecule has 0 radical (unpaired) electrons. The summed E-state index contributed by atoms with van der Waals surface area (Å²) in [5, 5.41) is 2.81. The highest BCUT2D eigenvalue weighted by atomic mass is 16.2. The molecule has 0 aliphatic carbocycles. The summed E-state index contributed by atoms with van der Waals surface area (Å²) in [6.45, 7) is 5.92. The van der Waals surface area contributed by atoms with Crippen LogP contribution in [0.1, 0.15) is 16.7 Å². The van der Waals surface area contributed by atoms with E-state index in [1.807, 2.05) is 39.0 Å². The van der Waals surface area contributed by atoms with Crippen molar-refractivity contribution in [2.75, 3.05) is 5.32 Å². The second-order valence-electron chi connectivity index (χ2n) is 5.02. The summed E-state index contributed by atoms with van der Waals surface area (Å²) in [6, 6.07) is 8.95. The van der Waals surface area contributed by atoms with Gasteiger partial charge in [0.15, 0.2) is 0 Å². The third-order valence-electron chi connectivity index (χ3n) is 3.24. The summed E-state index contributed by atoms with van der Waals surface area (Å²) in [5.74, 6) is -0.207. The fourth-order valence-corrected chi connectivity index (χ4v) is 1.95. The van der Waals surface area contributed by atoms with Gasteiger partial charge in [0.05, 0.1) is 0 Å². The Morgan fingerprint density at radius 3 is 2.55 bits per heavy atom. The van der Waals surface area contributed by atoms with E-state index in [0.717, 1.165) is 16.8 Å². The van der Waals surface area contributed by atoms with Crippen molar-refractivity contribution in [1.29, 1.82) is 0 Å². The molecule has 4 nitrogen and oxygen atoms in total. The molecule has 0 aliphatic rings. The quantitative estimate of drug-likeness (QED) is 0.931. The molecule has 1 N–H and O–H groups in total. The zero-order chi connectivity index (χ0) is 14.7. The average molecular weight is 270 g/mol. The van der Waals surface area contributed by atoms with E-state index in [1.165, 1.54) is 16.2 Å². The second-order valence-corrected chi connectivity index (χ2v) is 5.02. The van der Waals surface area contributed by atoms with Gasteiger partial charge in [-0.2, -0.15) is 0 Å². The molecule has 4 heteroatoms. The molecule has 1 heterocycles. The number of aryl methyl sites for hydroxylation is 3. The molecule has 104 valence electrons. The molecule has 0 saturated heterocycles. The van der Waals surface area contributed by atoms with Crippen LogP contribution in [-0.4, -0.2) is 10.5 Å². The number of carbonyl (C=O) groups is 1. The Morgan fingerprint density at radius 1 is 1.10 bits per heavy atom. The van der Waals surface area contributed by atoms with Gasteiger partial charge in [0.25, 0.3) is 5.56 Å². The van der Waals surface area contributed by atoms with Gasteiger partial charge in [0.2, 0.25) is 5.91 Å². The van der Waals surface area contributed by atoms with E-state index < -0.39 is 0 Å². The van der Waals surface area contributed by atoms with Crippen LogP contribution in [0.25, 0.3) is 0 Å². The molecule has 0 atom stereocenters. The largest absolute Gasteiger partial charge is 0.325 e. The second kappa shape index (κ2) is 5.74. The molecule has 0 unspecified atom stereocenters. The van der Waals surface area contributed by atoms with E-state index in [1.54, 1.807) is 12.3 Å². The summed E-state index contributed by atoms with van der Waals surface area (Å²) >= 11 is 0. The lowest BCUT2D eigenvalue weighted by molar-refractivity contribution is -0.116. The fraction of sp³-hybridized carbons (Fsp3) is 0.250. The van der Waals surface area contributed by atoms with Crippen LogP contribution >= 0.6 is 0 Å². The molecule has 0 bridgehead atoms. The zero-order valence-electron chi connectivity index (χ0n) is 11.9. The smallest absolute Gasteiger partial charge is 0.251 e. The molecule has 20 heavy (non-hydrogen) atoms. The van der Waals surface area contributed by atoms with E-state index >= 15 is 0 Å². The Kier molecular flexibility index (Phi) is 4.03. The van der Waals surface area contributed by atoms with Crippen molar-refractivity contribution in [3.8, 4) is 0 Å². The van der Waals surface area contributed by atoms with E-state index in [9.17, 15) is 9.59 Å². The monoisotopic (exact) mass is 270 g/mol. The molecule has 0 saturated carbocycles. The summed E-state index contributed by atoms with van der Waals surface area (Å²) in [5.41, 5.74) is 3.82. The lowest BCUT2D eigenvalue weighted by Crippen LogP contribution is -2.26. The van der Waals surface area contributed by atoms with Crippen molar-refractivity contribution < 1.29 is 4.79 Å². The average Bonchev–Trinajstić information content (AvgIpc) is 2.38. The Morgan fingerprint density at radius 2 is 1.85 bits per heavy atom. The Balaban J connectivity index is 2.11. The minimum absolute atomic E-state index is 0.0213. The number of nitrogens with one attached hydrogen (secondary N) is 1. The molecule has 2 aromatic rings. The van der Waals surface area contributed by atoms with Gasteiger partial charge in [-0.05, 0) is 49.6 Å². The van der Waals surface area contributed by atoms with Crippen LogP contribution in [-0.2, 0) is 11.3 Å². The zero-order valence-corrected chi connectivity index (χ0v) is 11.9. The number of amides is 1. The first-order valence-corrected chi connectivity index (χ1v) is 6.50. The SMILES string of the molecule is Cc1ccc(=O)n(CC(=O)Nc2ccc(C)c(C)c2)c1. The predicted molar refractivity (Wildman–Crippen MR) is 80.0 cm³/mol. The number of carbonyl (C=O) groups excluding carboxylic acids is 1. The molecule has 1 aromatic heterocycles. The summed E-state index contributed by atoms with van der Waals surface area (Å²) < 4.78 is 1.41. The maximum absolute atomic E-state index is 12.0. The molecular formula is C16H18N2O2. The normalized spacial score (nSPS) is 10.3. The van der Waals surface area contributed by atoms with Crippen LogP contribution in [0.3, 0.4) is 0 Å². The maximum Gasteiger partial charge on any atom is 0.251 e. The van der Waals surface area contributed by atoms with E-state index in [-0.39, 0.29) is 18.0 Å². The number of aromatic nitrogens is 1. The lowest BCUT2D eigenvalue weighted by atomic mass is 10.1. The van der Waals surface area contributed by atoms with Crippen LogP contribution in [0.15, 0.2) is 41.3 Å². The third kappa shape index (κ3) is 3.35. The van der Waals surface area contributed by atoms with Gasteiger partial charge >= 0.3 is 0 Å². The third-order valence-corrected chi connectivity index (χ3v) is 3.24. The highest BCUT2D eigenvalue weighted by Gasteiger charge is 2.06. The molecular weight excluding hydrogens is 252 g/mol. The Labute approximate surface area is 118 Å². The number of nitrogens with zero attached hydrogens (tertiary/aromatic N) is 1. The number of benzene rings is 1. The van der Waals surface area contributed by atoms with Crippen molar-refractivity contribution >= 4 is 11.6 Å². The summed E-state index contributed by atoms with van der Waals surface area (Å²) in [4.78, 5) is 23.6. The first kappa shape index (κ1) is 14.1. The van der Waals surface area contributed by atoms with E-state index in [2.05, 4.69) is 5.32 Å². The van der Waals surface area contributed by atoms with Crippen molar-refractivity contribution in [2.45, 2.75) is 27.3 Å². The van der Waals surface area contributed by atoms with Crippen molar-refractivity contribution in [3.63, 3.8) is 0 Å². The highest BCUT2D eigenvalue weighted by molar-refractivity contribution is 5.90. The van der Waals surface area contributed by atoms with Gasteiger partial charge < -0.3 is 9.88 Å². The summed E-state index contributed by atoms with van der Waals surface area (Å²) in [7, 11) is 0. The minimum Gasteiger partial charge on any atom is -0.325 e. The molecule has 2 rings (SSSR count). The van der Waals surface area contributed by atoms with Gasteiger partial charge in [0, 0.05) is 18.0 Å². The van der Waals surface area contributed by atoms with Gasteiger partial charge in [-0.15, -0.1) is 0 Å². The van der Waals surface area contributed by atoms with Crippen molar-refractivity contribution in [2.24, 2.45) is 0 Å².